The van der Waals surface area contributed by atoms with E-state index in [4.69, 9.17) is 4.74 Å². The number of fused-ring (bicyclic) bond motifs is 2. The number of halogens is 3. The SMILES string of the molecule is O=C(c1cc2c(C(F)F)ccc(F)c2[nH]1)N1CCc2nc(NCC3CCOC3)sc2C1. The van der Waals surface area contributed by atoms with Gasteiger partial charge in [0, 0.05) is 47.9 Å². The molecule has 4 heterocycles. The van der Waals surface area contributed by atoms with Crippen LogP contribution in [0.4, 0.5) is 18.3 Å². The van der Waals surface area contributed by atoms with Crippen molar-refractivity contribution in [1.82, 2.24) is 14.9 Å². The van der Waals surface area contributed by atoms with E-state index in [-0.39, 0.29) is 28.1 Å². The van der Waals surface area contributed by atoms with Gasteiger partial charge in [0.25, 0.3) is 12.3 Å². The maximum atomic E-state index is 14.1. The van der Waals surface area contributed by atoms with E-state index in [1.54, 1.807) is 4.90 Å². The van der Waals surface area contributed by atoms with Gasteiger partial charge in [-0.25, -0.2) is 18.2 Å². The number of amides is 1. The molecule has 5 rings (SSSR count). The average molecular weight is 450 g/mol. The molecule has 0 saturated carbocycles. The Morgan fingerprint density at radius 2 is 2.29 bits per heavy atom. The Labute approximate surface area is 180 Å². The summed E-state index contributed by atoms with van der Waals surface area (Å²) in [6.45, 7) is 3.22. The van der Waals surface area contributed by atoms with E-state index in [1.165, 1.54) is 17.4 Å². The van der Waals surface area contributed by atoms with Crippen LogP contribution in [-0.4, -0.2) is 47.1 Å². The van der Waals surface area contributed by atoms with Crippen molar-refractivity contribution in [3.05, 3.63) is 45.8 Å². The second-order valence-corrected chi connectivity index (χ2v) is 8.97. The third kappa shape index (κ3) is 3.89. The fraction of sp³-hybridized carbons (Fsp3) is 0.429. The Morgan fingerprint density at radius 3 is 3.06 bits per heavy atom. The van der Waals surface area contributed by atoms with Crippen molar-refractivity contribution < 1.29 is 22.7 Å². The fourth-order valence-electron chi connectivity index (χ4n) is 4.10. The van der Waals surface area contributed by atoms with Crippen molar-refractivity contribution >= 4 is 33.3 Å². The van der Waals surface area contributed by atoms with E-state index >= 15 is 0 Å². The minimum absolute atomic E-state index is 0.0382. The molecule has 1 unspecified atom stereocenters. The molecule has 2 aliphatic heterocycles. The maximum absolute atomic E-state index is 14.1. The summed E-state index contributed by atoms with van der Waals surface area (Å²) < 4.78 is 46.0. The smallest absolute Gasteiger partial charge is 0.270 e. The fourth-order valence-corrected chi connectivity index (χ4v) is 5.13. The van der Waals surface area contributed by atoms with Crippen LogP contribution in [-0.2, 0) is 17.7 Å². The third-order valence-corrected chi connectivity index (χ3v) is 6.87. The Bertz CT molecular complexity index is 1120. The highest BCUT2D eigenvalue weighted by atomic mass is 32.1. The van der Waals surface area contributed by atoms with Gasteiger partial charge in [-0.1, -0.05) is 11.3 Å². The van der Waals surface area contributed by atoms with E-state index in [1.807, 2.05) is 0 Å². The van der Waals surface area contributed by atoms with Crippen molar-refractivity contribution in [1.29, 1.82) is 0 Å². The van der Waals surface area contributed by atoms with Crippen molar-refractivity contribution in [2.24, 2.45) is 5.92 Å². The van der Waals surface area contributed by atoms with Gasteiger partial charge >= 0.3 is 0 Å². The number of nitrogens with zero attached hydrogens (tertiary/aromatic N) is 2. The second-order valence-electron chi connectivity index (χ2n) is 7.89. The molecule has 0 spiro atoms. The predicted octanol–water partition coefficient (Wildman–Crippen LogP) is 4.35. The first-order valence-electron chi connectivity index (χ1n) is 10.2. The Balaban J connectivity index is 1.32. The summed E-state index contributed by atoms with van der Waals surface area (Å²) in [5.41, 5.74) is 0.717. The molecule has 3 aromatic rings. The highest BCUT2D eigenvalue weighted by Crippen LogP contribution is 2.32. The first-order chi connectivity index (χ1) is 15.0. The highest BCUT2D eigenvalue weighted by Gasteiger charge is 2.27. The normalized spacial score (nSPS) is 18.7. The molecule has 10 heteroatoms. The zero-order valence-electron chi connectivity index (χ0n) is 16.6. The minimum Gasteiger partial charge on any atom is -0.381 e. The molecule has 164 valence electrons. The second kappa shape index (κ2) is 8.16. The lowest BCUT2D eigenvalue weighted by Crippen LogP contribution is -2.35. The van der Waals surface area contributed by atoms with Gasteiger partial charge in [-0.05, 0) is 24.6 Å². The monoisotopic (exact) mass is 450 g/mol. The van der Waals surface area contributed by atoms with Crippen LogP contribution >= 0.6 is 11.3 Å². The maximum Gasteiger partial charge on any atom is 0.270 e. The molecule has 0 aliphatic carbocycles. The highest BCUT2D eigenvalue weighted by molar-refractivity contribution is 7.15. The van der Waals surface area contributed by atoms with Crippen molar-refractivity contribution in [3.63, 3.8) is 0 Å². The number of aromatic amines is 1. The van der Waals surface area contributed by atoms with Gasteiger partial charge in [0.1, 0.15) is 11.5 Å². The van der Waals surface area contributed by atoms with Gasteiger partial charge in [0.15, 0.2) is 5.13 Å². The zero-order chi connectivity index (χ0) is 21.5. The molecule has 6 nitrogen and oxygen atoms in total. The number of ether oxygens (including phenoxy) is 1. The first-order valence-corrected chi connectivity index (χ1v) is 11.0. The molecule has 0 radical (unpaired) electrons. The minimum atomic E-state index is -2.75. The van der Waals surface area contributed by atoms with Gasteiger partial charge in [0.05, 0.1) is 24.4 Å². The van der Waals surface area contributed by atoms with Crippen molar-refractivity contribution in [3.8, 4) is 0 Å². The van der Waals surface area contributed by atoms with E-state index in [0.29, 0.717) is 25.4 Å². The molecule has 1 atom stereocenters. The number of anilines is 1. The van der Waals surface area contributed by atoms with E-state index < -0.39 is 12.2 Å². The summed E-state index contributed by atoms with van der Waals surface area (Å²) in [4.78, 5) is 23.0. The van der Waals surface area contributed by atoms with Crippen molar-refractivity contribution in [2.75, 3.05) is 31.6 Å². The Morgan fingerprint density at radius 1 is 1.42 bits per heavy atom. The quantitative estimate of drug-likeness (QED) is 0.607. The summed E-state index contributed by atoms with van der Waals surface area (Å²) in [7, 11) is 0. The number of hydrogen-bond donors (Lipinski definition) is 2. The molecule has 1 saturated heterocycles. The van der Waals surface area contributed by atoms with Crippen LogP contribution in [0, 0.1) is 11.7 Å². The van der Waals surface area contributed by atoms with Crippen LogP contribution in [0.2, 0.25) is 0 Å². The number of carbonyl (C=O) groups excluding carboxylic acids is 1. The molecular weight excluding hydrogens is 429 g/mol. The largest absolute Gasteiger partial charge is 0.381 e. The third-order valence-electron chi connectivity index (χ3n) is 5.83. The lowest BCUT2D eigenvalue weighted by molar-refractivity contribution is 0.0731. The molecule has 31 heavy (non-hydrogen) atoms. The van der Waals surface area contributed by atoms with Crippen LogP contribution in [0.25, 0.3) is 10.9 Å². The lowest BCUT2D eigenvalue weighted by Gasteiger charge is -2.25. The average Bonchev–Trinajstić information content (AvgIpc) is 3.50. The Kier molecular flexibility index (Phi) is 5.35. The molecule has 1 amide bonds. The summed E-state index contributed by atoms with van der Waals surface area (Å²) >= 11 is 1.52. The number of hydrogen-bond acceptors (Lipinski definition) is 5. The van der Waals surface area contributed by atoms with Crippen LogP contribution in [0.1, 0.15) is 39.5 Å². The number of alkyl halides is 2. The van der Waals surface area contributed by atoms with Gasteiger partial charge in [0.2, 0.25) is 0 Å². The topological polar surface area (TPSA) is 70.2 Å². The summed E-state index contributed by atoms with van der Waals surface area (Å²) in [6, 6.07) is 3.37. The molecule has 0 bridgehead atoms. The predicted molar refractivity (Wildman–Crippen MR) is 111 cm³/mol. The van der Waals surface area contributed by atoms with Crippen LogP contribution in [0.3, 0.4) is 0 Å². The number of thiazole rings is 1. The summed E-state index contributed by atoms with van der Waals surface area (Å²) in [5.74, 6) is -0.516. The standard InChI is InChI=1S/C21H21F3N4O2S/c22-14-2-1-12(19(23)24)13-7-16(26-18(13)14)20(29)28-5-3-15-17(9-28)31-21(27-15)25-8-11-4-6-30-10-11/h1-2,7,11,19,26H,3-6,8-10H2,(H,25,27). The number of H-pyrrole nitrogens is 1. The van der Waals surface area contributed by atoms with Crippen LogP contribution in [0.5, 0.6) is 0 Å². The molecule has 2 N–H and O–H groups in total. The summed E-state index contributed by atoms with van der Waals surface area (Å²) in [6.07, 6.45) is -1.10. The number of aromatic nitrogens is 2. The molecule has 2 aliphatic rings. The first kappa shape index (κ1) is 20.3. The van der Waals surface area contributed by atoms with Gasteiger partial charge in [-0.15, -0.1) is 0 Å². The Hall–Kier alpha value is -2.59. The molecule has 1 fully saturated rings. The van der Waals surface area contributed by atoms with Crippen LogP contribution < -0.4 is 5.32 Å². The van der Waals surface area contributed by atoms with E-state index in [2.05, 4.69) is 15.3 Å². The van der Waals surface area contributed by atoms with Crippen LogP contribution in [0.15, 0.2) is 18.2 Å². The van der Waals surface area contributed by atoms with Gasteiger partial charge < -0.3 is 19.9 Å². The number of rotatable bonds is 5. The van der Waals surface area contributed by atoms with E-state index in [9.17, 15) is 18.0 Å². The number of nitrogens with one attached hydrogen (secondary N) is 2. The molecule has 2 aromatic heterocycles. The van der Waals surface area contributed by atoms with Gasteiger partial charge in [-0.2, -0.15) is 0 Å². The lowest BCUT2D eigenvalue weighted by atomic mass is 10.1. The molecular formula is C21H21F3N4O2S. The zero-order valence-corrected chi connectivity index (χ0v) is 17.4. The molecule has 1 aromatic carbocycles. The number of benzene rings is 1. The van der Waals surface area contributed by atoms with Gasteiger partial charge in [-0.3, -0.25) is 4.79 Å². The van der Waals surface area contributed by atoms with E-state index in [0.717, 1.165) is 54.0 Å². The number of carbonyl (C=O) groups is 1. The summed E-state index contributed by atoms with van der Waals surface area (Å²) in [5, 5.41) is 4.24. The van der Waals surface area contributed by atoms with Crippen molar-refractivity contribution in [2.45, 2.75) is 25.8 Å².